The van der Waals surface area contributed by atoms with E-state index in [4.69, 9.17) is 4.74 Å². The zero-order valence-corrected chi connectivity index (χ0v) is 14.5. The Morgan fingerprint density at radius 1 is 1.16 bits per heavy atom. The molecule has 3 aliphatic rings. The molecule has 0 radical (unpaired) electrons. The summed E-state index contributed by atoms with van der Waals surface area (Å²) in [4.78, 5) is 27.0. The molecule has 2 aliphatic heterocycles. The number of hydrogen-bond acceptors (Lipinski definition) is 5. The number of fused-ring (bicyclic) bond motifs is 5. The molecule has 2 amide bonds. The van der Waals surface area contributed by atoms with Gasteiger partial charge in [0.25, 0.3) is 11.8 Å². The van der Waals surface area contributed by atoms with E-state index in [1.54, 1.807) is 36.6 Å². The zero-order chi connectivity index (χ0) is 17.2. The van der Waals surface area contributed by atoms with Gasteiger partial charge >= 0.3 is 0 Å². The molecule has 6 nitrogen and oxygen atoms in total. The van der Waals surface area contributed by atoms with Crippen LogP contribution in [0, 0.1) is 0 Å². The van der Waals surface area contributed by atoms with E-state index in [1.807, 2.05) is 0 Å². The fraction of sp³-hybridized carbons (Fsp3) is 0.333. The van der Waals surface area contributed by atoms with E-state index in [1.165, 1.54) is 4.88 Å². The number of rotatable bonds is 1. The molecular formula is C18H17N3O3S. The summed E-state index contributed by atoms with van der Waals surface area (Å²) in [6.45, 7) is 0. The van der Waals surface area contributed by atoms with E-state index in [0.717, 1.165) is 41.8 Å². The second kappa shape index (κ2) is 4.98. The maximum atomic E-state index is 12.9. The maximum absolute atomic E-state index is 12.9. The number of benzene rings is 1. The van der Waals surface area contributed by atoms with Crippen LogP contribution in [0.1, 0.15) is 39.2 Å². The van der Waals surface area contributed by atoms with Gasteiger partial charge in [0.05, 0.1) is 12.7 Å². The first-order valence-corrected chi connectivity index (χ1v) is 9.19. The summed E-state index contributed by atoms with van der Waals surface area (Å²) >= 11 is 1.61. The van der Waals surface area contributed by atoms with Gasteiger partial charge in [-0.3, -0.25) is 9.59 Å². The summed E-state index contributed by atoms with van der Waals surface area (Å²) in [5, 5.41) is 9.91. The Kier molecular flexibility index (Phi) is 2.94. The monoisotopic (exact) mass is 355 g/mol. The fourth-order valence-electron chi connectivity index (χ4n) is 3.98. The molecule has 0 saturated heterocycles. The quantitative estimate of drug-likeness (QED) is 0.735. The summed E-state index contributed by atoms with van der Waals surface area (Å²) in [5.41, 5.74) is 1.96. The highest BCUT2D eigenvalue weighted by Crippen LogP contribution is 2.46. The molecule has 1 atom stereocenters. The van der Waals surface area contributed by atoms with E-state index in [0.29, 0.717) is 17.0 Å². The lowest BCUT2D eigenvalue weighted by molar-refractivity contribution is -0.120. The zero-order valence-electron chi connectivity index (χ0n) is 13.7. The minimum atomic E-state index is -1.28. The number of hydrogen-bond donors (Lipinski definition) is 3. The van der Waals surface area contributed by atoms with Crippen molar-refractivity contribution in [3.63, 3.8) is 0 Å². The highest BCUT2D eigenvalue weighted by Gasteiger charge is 2.52. The lowest BCUT2D eigenvalue weighted by Gasteiger charge is -2.34. The minimum Gasteiger partial charge on any atom is -0.497 e. The van der Waals surface area contributed by atoms with Crippen LogP contribution < -0.4 is 20.7 Å². The molecule has 1 spiro atoms. The van der Waals surface area contributed by atoms with Crippen molar-refractivity contribution in [2.24, 2.45) is 0 Å². The van der Waals surface area contributed by atoms with Crippen LogP contribution in [0.15, 0.2) is 18.2 Å². The highest BCUT2D eigenvalue weighted by atomic mass is 32.1. The van der Waals surface area contributed by atoms with Gasteiger partial charge in [-0.1, -0.05) is 0 Å². The van der Waals surface area contributed by atoms with E-state index in [-0.39, 0.29) is 11.8 Å². The van der Waals surface area contributed by atoms with Crippen molar-refractivity contribution in [3.8, 4) is 5.75 Å². The fourth-order valence-corrected chi connectivity index (χ4v) is 5.33. The summed E-state index contributed by atoms with van der Waals surface area (Å²) in [5.74, 6) is 0.182. The first kappa shape index (κ1) is 14.8. The van der Waals surface area contributed by atoms with Crippen molar-refractivity contribution in [3.05, 3.63) is 39.8 Å². The molecular weight excluding hydrogens is 338 g/mol. The average molecular weight is 355 g/mol. The van der Waals surface area contributed by atoms with Crippen LogP contribution in [0.4, 0.5) is 10.7 Å². The molecule has 0 saturated carbocycles. The smallest absolute Gasteiger partial charge is 0.275 e. The van der Waals surface area contributed by atoms with Crippen LogP contribution in [0.3, 0.4) is 0 Å². The second-order valence-corrected chi connectivity index (χ2v) is 7.71. The SMILES string of the molecule is COc1ccc2c(c1)C1(NC(=O)c3c(sc4c3CCCC4)N1)C(=O)N2. The van der Waals surface area contributed by atoms with Gasteiger partial charge in [-0.2, -0.15) is 0 Å². The van der Waals surface area contributed by atoms with E-state index >= 15 is 0 Å². The number of aryl methyl sites for hydroxylation is 1. The Balaban J connectivity index is 1.66. The van der Waals surface area contributed by atoms with E-state index in [9.17, 15) is 9.59 Å². The van der Waals surface area contributed by atoms with Crippen LogP contribution in [-0.4, -0.2) is 18.9 Å². The Hall–Kier alpha value is -2.54. The molecule has 128 valence electrons. The molecule has 0 bridgehead atoms. The van der Waals surface area contributed by atoms with Crippen LogP contribution in [0.5, 0.6) is 5.75 Å². The van der Waals surface area contributed by atoms with Gasteiger partial charge in [0.15, 0.2) is 0 Å². The average Bonchev–Trinajstić information content (AvgIpc) is 3.11. The van der Waals surface area contributed by atoms with Gasteiger partial charge in [0.1, 0.15) is 10.8 Å². The van der Waals surface area contributed by atoms with E-state index < -0.39 is 5.66 Å². The Morgan fingerprint density at radius 3 is 2.84 bits per heavy atom. The first-order valence-electron chi connectivity index (χ1n) is 8.37. The van der Waals surface area contributed by atoms with Gasteiger partial charge in [0, 0.05) is 16.1 Å². The molecule has 7 heteroatoms. The molecule has 3 heterocycles. The van der Waals surface area contributed by atoms with Gasteiger partial charge < -0.3 is 20.7 Å². The number of thiophene rings is 1. The second-order valence-electron chi connectivity index (χ2n) is 6.61. The minimum absolute atomic E-state index is 0.182. The van der Waals surface area contributed by atoms with Gasteiger partial charge in [-0.25, -0.2) is 0 Å². The number of nitrogens with one attached hydrogen (secondary N) is 3. The topological polar surface area (TPSA) is 79.5 Å². The van der Waals surface area contributed by atoms with Crippen LogP contribution >= 0.6 is 11.3 Å². The van der Waals surface area contributed by atoms with Gasteiger partial charge in [0.2, 0.25) is 5.66 Å². The lowest BCUT2D eigenvalue weighted by Crippen LogP contribution is -2.58. The number of anilines is 2. The van der Waals surface area contributed by atoms with Crippen molar-refractivity contribution in [2.75, 3.05) is 17.7 Å². The molecule has 3 N–H and O–H groups in total. The molecule has 1 aliphatic carbocycles. The van der Waals surface area contributed by atoms with Gasteiger partial charge in [-0.15, -0.1) is 11.3 Å². The van der Waals surface area contributed by atoms with Crippen LogP contribution in [0.25, 0.3) is 0 Å². The molecule has 1 aromatic heterocycles. The molecule has 25 heavy (non-hydrogen) atoms. The molecule has 5 rings (SSSR count). The molecule has 2 aromatic rings. The standard InChI is InChI=1S/C18H17N3O3S/c1-24-9-6-7-12-11(8-9)18(17(23)19-12)20-15(22)14-10-4-2-3-5-13(10)25-16(14)21-18/h6-8,21H,2-5H2,1H3,(H,19,23)(H,20,22). The highest BCUT2D eigenvalue weighted by molar-refractivity contribution is 7.16. The number of amides is 2. The van der Waals surface area contributed by atoms with Crippen LogP contribution in [0.2, 0.25) is 0 Å². The van der Waals surface area contributed by atoms with E-state index in [2.05, 4.69) is 16.0 Å². The Morgan fingerprint density at radius 2 is 2.00 bits per heavy atom. The number of ether oxygens (including phenoxy) is 1. The number of carbonyl (C=O) groups is 2. The van der Waals surface area contributed by atoms with Crippen molar-refractivity contribution >= 4 is 33.8 Å². The van der Waals surface area contributed by atoms with Gasteiger partial charge in [-0.05, 0) is 49.4 Å². The van der Waals surface area contributed by atoms with Crippen molar-refractivity contribution in [1.82, 2.24) is 5.32 Å². The first-order chi connectivity index (χ1) is 12.1. The van der Waals surface area contributed by atoms with Crippen molar-refractivity contribution < 1.29 is 14.3 Å². The third-order valence-electron chi connectivity index (χ3n) is 5.22. The molecule has 0 fully saturated rings. The Bertz CT molecular complexity index is 936. The van der Waals surface area contributed by atoms with Crippen molar-refractivity contribution in [1.29, 1.82) is 0 Å². The Labute approximate surface area is 148 Å². The number of methoxy groups -OCH3 is 1. The molecule has 1 unspecified atom stereocenters. The van der Waals surface area contributed by atoms with Crippen LogP contribution in [-0.2, 0) is 23.3 Å². The normalized spacial score (nSPS) is 23.2. The predicted octanol–water partition coefficient (Wildman–Crippen LogP) is 2.60. The number of carbonyl (C=O) groups excluding carboxylic acids is 2. The summed E-state index contributed by atoms with van der Waals surface area (Å²) in [7, 11) is 1.58. The predicted molar refractivity (Wildman–Crippen MR) is 95.4 cm³/mol. The summed E-state index contributed by atoms with van der Waals surface area (Å²) in [6, 6.07) is 5.38. The largest absolute Gasteiger partial charge is 0.497 e. The molecule has 1 aromatic carbocycles. The third-order valence-corrected chi connectivity index (χ3v) is 6.43. The summed E-state index contributed by atoms with van der Waals surface area (Å²) < 4.78 is 5.29. The maximum Gasteiger partial charge on any atom is 0.275 e. The third kappa shape index (κ3) is 1.90. The van der Waals surface area contributed by atoms with Crippen molar-refractivity contribution in [2.45, 2.75) is 31.3 Å². The lowest BCUT2D eigenvalue weighted by atomic mass is 9.92. The summed E-state index contributed by atoms with van der Waals surface area (Å²) in [6.07, 6.45) is 4.19.